The van der Waals surface area contributed by atoms with Crippen LogP contribution in [0.5, 0.6) is 5.88 Å². The minimum Gasteiger partial charge on any atom is -0.471 e. The number of ether oxygens (including phenoxy) is 1. The number of nitrogens with two attached hydrogens (primary N) is 1. The van der Waals surface area contributed by atoms with E-state index in [9.17, 15) is 0 Å². The van der Waals surface area contributed by atoms with Crippen molar-refractivity contribution in [1.82, 2.24) is 4.98 Å². The van der Waals surface area contributed by atoms with Crippen LogP contribution in [-0.4, -0.2) is 10.6 Å². The van der Waals surface area contributed by atoms with Crippen LogP contribution in [-0.2, 0) is 0 Å². The molecule has 70 valence electrons. The molecule has 1 saturated carbocycles. The van der Waals surface area contributed by atoms with E-state index in [4.69, 9.17) is 10.5 Å². The van der Waals surface area contributed by atoms with E-state index in [2.05, 4.69) is 27.8 Å². The van der Waals surface area contributed by atoms with Crippen molar-refractivity contribution in [2.75, 3.05) is 5.73 Å². The van der Waals surface area contributed by atoms with E-state index in [1.54, 1.807) is 12.1 Å². The van der Waals surface area contributed by atoms with E-state index < -0.39 is 0 Å². The Balaban J connectivity index is 2.17. The molecule has 1 aliphatic rings. The van der Waals surface area contributed by atoms with Gasteiger partial charge in [-0.1, -0.05) is 0 Å². The topological polar surface area (TPSA) is 48.1 Å². The lowest BCUT2D eigenvalue weighted by molar-refractivity contribution is 0.191. The Bertz CT molecular complexity index is 336. The van der Waals surface area contributed by atoms with E-state index in [1.165, 1.54) is 0 Å². The number of hydrogen-bond acceptors (Lipinski definition) is 3. The summed E-state index contributed by atoms with van der Waals surface area (Å²) in [5.74, 6) is 0.640. The maximum Gasteiger partial charge on any atom is 0.214 e. The fourth-order valence-electron chi connectivity index (χ4n) is 1.02. The highest BCUT2D eigenvalue weighted by molar-refractivity contribution is 9.10. The molecule has 4 heteroatoms. The summed E-state index contributed by atoms with van der Waals surface area (Å²) in [5.41, 5.74) is 6.25. The summed E-state index contributed by atoms with van der Waals surface area (Å²) in [6, 6.07) is 3.59. The van der Waals surface area contributed by atoms with E-state index in [-0.39, 0.29) is 5.60 Å². The van der Waals surface area contributed by atoms with Gasteiger partial charge in [-0.05, 0) is 41.8 Å². The summed E-state index contributed by atoms with van der Waals surface area (Å²) < 4.78 is 6.30. The summed E-state index contributed by atoms with van der Waals surface area (Å²) >= 11 is 3.26. The van der Waals surface area contributed by atoms with Crippen LogP contribution in [0, 0.1) is 0 Å². The second kappa shape index (κ2) is 2.87. The van der Waals surface area contributed by atoms with Gasteiger partial charge in [0.05, 0.1) is 5.69 Å². The lowest BCUT2D eigenvalue weighted by Crippen LogP contribution is -2.13. The predicted octanol–water partition coefficient (Wildman–Crippen LogP) is 2.36. The molecule has 2 rings (SSSR count). The van der Waals surface area contributed by atoms with Gasteiger partial charge in [-0.15, -0.1) is 0 Å². The third-order valence-corrected chi connectivity index (χ3v) is 2.79. The van der Waals surface area contributed by atoms with Gasteiger partial charge >= 0.3 is 0 Å². The number of hydrogen-bond donors (Lipinski definition) is 1. The number of halogens is 1. The van der Waals surface area contributed by atoms with Crippen LogP contribution >= 0.6 is 15.9 Å². The maximum absolute atomic E-state index is 5.65. The molecule has 1 aromatic rings. The quantitative estimate of drug-likeness (QED) is 0.811. The Morgan fingerprint density at radius 2 is 2.23 bits per heavy atom. The van der Waals surface area contributed by atoms with Crippen LogP contribution in [0.4, 0.5) is 5.69 Å². The van der Waals surface area contributed by atoms with Crippen molar-refractivity contribution in [1.29, 1.82) is 0 Å². The van der Waals surface area contributed by atoms with Gasteiger partial charge in [0.25, 0.3) is 0 Å². The van der Waals surface area contributed by atoms with E-state index in [0.29, 0.717) is 16.2 Å². The molecule has 1 fully saturated rings. The third-order valence-electron chi connectivity index (χ3n) is 2.16. The van der Waals surface area contributed by atoms with Crippen molar-refractivity contribution in [2.45, 2.75) is 25.4 Å². The van der Waals surface area contributed by atoms with Crippen molar-refractivity contribution < 1.29 is 4.74 Å². The second-order valence-corrected chi connectivity index (χ2v) is 4.33. The predicted molar refractivity (Wildman–Crippen MR) is 54.6 cm³/mol. The molecule has 0 bridgehead atoms. The number of pyridine rings is 1. The zero-order valence-electron chi connectivity index (χ0n) is 7.38. The molecule has 0 spiro atoms. The monoisotopic (exact) mass is 242 g/mol. The Kier molecular flexibility index (Phi) is 1.95. The summed E-state index contributed by atoms with van der Waals surface area (Å²) in [5, 5.41) is 0. The lowest BCUT2D eigenvalue weighted by atomic mass is 10.4. The first kappa shape index (κ1) is 8.81. The van der Waals surface area contributed by atoms with Crippen LogP contribution in [0.1, 0.15) is 19.8 Å². The first-order valence-electron chi connectivity index (χ1n) is 4.20. The largest absolute Gasteiger partial charge is 0.471 e. The average Bonchev–Trinajstić information content (AvgIpc) is 2.76. The molecule has 1 aromatic heterocycles. The molecule has 0 unspecified atom stereocenters. The molecule has 3 nitrogen and oxygen atoms in total. The first-order chi connectivity index (χ1) is 6.09. The van der Waals surface area contributed by atoms with Crippen LogP contribution in [0.3, 0.4) is 0 Å². The van der Waals surface area contributed by atoms with E-state index in [1.807, 2.05) is 0 Å². The van der Waals surface area contributed by atoms with Gasteiger partial charge in [0.1, 0.15) is 10.2 Å². The van der Waals surface area contributed by atoms with Crippen LogP contribution in [0.25, 0.3) is 0 Å². The van der Waals surface area contributed by atoms with Crippen molar-refractivity contribution in [2.24, 2.45) is 0 Å². The van der Waals surface area contributed by atoms with Gasteiger partial charge in [-0.25, -0.2) is 4.98 Å². The highest BCUT2D eigenvalue weighted by Crippen LogP contribution is 2.39. The Hall–Kier alpha value is -0.770. The molecule has 0 aromatic carbocycles. The number of anilines is 1. The zero-order valence-corrected chi connectivity index (χ0v) is 8.97. The van der Waals surface area contributed by atoms with E-state index >= 15 is 0 Å². The maximum atomic E-state index is 5.65. The molecule has 1 heterocycles. The molecule has 0 aliphatic heterocycles. The van der Waals surface area contributed by atoms with Gasteiger partial charge in [0, 0.05) is 6.07 Å². The molecule has 0 atom stereocenters. The smallest absolute Gasteiger partial charge is 0.214 e. The highest BCUT2D eigenvalue weighted by atomic mass is 79.9. The Morgan fingerprint density at radius 1 is 1.54 bits per heavy atom. The van der Waals surface area contributed by atoms with Gasteiger partial charge in [0.2, 0.25) is 5.88 Å². The van der Waals surface area contributed by atoms with Gasteiger partial charge in [0.15, 0.2) is 0 Å². The van der Waals surface area contributed by atoms with Gasteiger partial charge < -0.3 is 10.5 Å². The van der Waals surface area contributed by atoms with Crippen LogP contribution in [0.2, 0.25) is 0 Å². The fourth-order valence-corrected chi connectivity index (χ4v) is 1.32. The lowest BCUT2D eigenvalue weighted by Gasteiger charge is -2.11. The molecular formula is C9H11BrN2O. The number of nitrogen functional groups attached to an aromatic ring is 1. The molecule has 0 amide bonds. The minimum absolute atomic E-state index is 0.0164. The zero-order chi connectivity index (χ0) is 9.47. The standard InChI is InChI=1S/C9H11BrN2O/c1-9(4-5-9)13-7-3-2-6(11)8(10)12-7/h2-3H,4-5,11H2,1H3. The molecular weight excluding hydrogens is 232 g/mol. The number of rotatable bonds is 2. The highest BCUT2D eigenvalue weighted by Gasteiger charge is 2.40. The van der Waals surface area contributed by atoms with Crippen molar-refractivity contribution in [3.05, 3.63) is 16.7 Å². The van der Waals surface area contributed by atoms with Crippen LogP contribution < -0.4 is 10.5 Å². The molecule has 2 N–H and O–H groups in total. The first-order valence-corrected chi connectivity index (χ1v) is 4.99. The normalized spacial score (nSPS) is 18.3. The average molecular weight is 243 g/mol. The Labute approximate surface area is 85.4 Å². The van der Waals surface area contributed by atoms with Crippen molar-refractivity contribution in [3.63, 3.8) is 0 Å². The molecule has 1 aliphatic carbocycles. The summed E-state index contributed by atoms with van der Waals surface area (Å²) in [7, 11) is 0. The number of aromatic nitrogens is 1. The fraction of sp³-hybridized carbons (Fsp3) is 0.444. The molecule has 13 heavy (non-hydrogen) atoms. The van der Waals surface area contributed by atoms with Gasteiger partial charge in [-0.3, -0.25) is 0 Å². The van der Waals surface area contributed by atoms with Crippen LogP contribution in [0.15, 0.2) is 16.7 Å². The number of nitrogens with zero attached hydrogens (tertiary/aromatic N) is 1. The molecule has 0 saturated heterocycles. The second-order valence-electron chi connectivity index (χ2n) is 3.58. The van der Waals surface area contributed by atoms with Gasteiger partial charge in [-0.2, -0.15) is 0 Å². The summed E-state index contributed by atoms with van der Waals surface area (Å²) in [4.78, 5) is 4.17. The summed E-state index contributed by atoms with van der Waals surface area (Å²) in [6.45, 7) is 2.08. The van der Waals surface area contributed by atoms with Crippen molar-refractivity contribution in [3.8, 4) is 5.88 Å². The summed E-state index contributed by atoms with van der Waals surface area (Å²) in [6.07, 6.45) is 2.22. The molecule has 0 radical (unpaired) electrons. The SMILES string of the molecule is CC1(Oc2ccc(N)c(Br)n2)CC1. The Morgan fingerprint density at radius 3 is 2.77 bits per heavy atom. The third kappa shape index (κ3) is 1.94. The van der Waals surface area contributed by atoms with E-state index in [0.717, 1.165) is 12.8 Å². The van der Waals surface area contributed by atoms with Crippen molar-refractivity contribution >= 4 is 21.6 Å². The minimum atomic E-state index is 0.0164.